The van der Waals surface area contributed by atoms with E-state index >= 15 is 0 Å². The molecule has 2 amide bonds. The van der Waals surface area contributed by atoms with Gasteiger partial charge in [-0.3, -0.25) is 4.79 Å². The summed E-state index contributed by atoms with van der Waals surface area (Å²) in [6.45, 7) is 8.21. The van der Waals surface area contributed by atoms with E-state index in [0.29, 0.717) is 30.0 Å². The van der Waals surface area contributed by atoms with E-state index in [1.807, 2.05) is 64.1 Å². The maximum absolute atomic E-state index is 13.3. The fourth-order valence-corrected chi connectivity index (χ4v) is 4.35. The van der Waals surface area contributed by atoms with Crippen LogP contribution in [-0.4, -0.2) is 38.6 Å². The maximum Gasteiger partial charge on any atom is 0.410 e. The number of hydrogen-bond donors (Lipinski definition) is 1. The lowest BCUT2D eigenvalue weighted by Gasteiger charge is -2.29. The van der Waals surface area contributed by atoms with Gasteiger partial charge in [0.15, 0.2) is 0 Å². The van der Waals surface area contributed by atoms with Gasteiger partial charge in [-0.25, -0.2) is 14.2 Å². The second kappa shape index (κ2) is 9.26. The largest absolute Gasteiger partial charge is 0.444 e. The van der Waals surface area contributed by atoms with Gasteiger partial charge in [-0.1, -0.05) is 24.3 Å². The minimum absolute atomic E-state index is 0.210. The van der Waals surface area contributed by atoms with Gasteiger partial charge < -0.3 is 19.9 Å². The Kier molecular flexibility index (Phi) is 6.51. The van der Waals surface area contributed by atoms with Crippen molar-refractivity contribution in [3.05, 3.63) is 65.2 Å². The Labute approximate surface area is 210 Å². The lowest BCUT2D eigenvalue weighted by Crippen LogP contribution is -2.40. The zero-order chi connectivity index (χ0) is 25.5. The molecule has 0 spiro atoms. The van der Waals surface area contributed by atoms with Crippen molar-refractivity contribution >= 4 is 35.2 Å². The zero-order valence-corrected chi connectivity index (χ0v) is 21.4. The summed E-state index contributed by atoms with van der Waals surface area (Å²) in [5, 5.41) is 0. The Balaban J connectivity index is 1.57. The summed E-state index contributed by atoms with van der Waals surface area (Å²) >= 11 is 6.53. The van der Waals surface area contributed by atoms with Crippen molar-refractivity contribution in [1.29, 1.82) is 0 Å². The molecule has 0 unspecified atom stereocenters. The Morgan fingerprint density at radius 1 is 1.17 bits per heavy atom. The highest BCUT2D eigenvalue weighted by molar-refractivity contribution is 6.38. The van der Waals surface area contributed by atoms with Crippen LogP contribution < -0.4 is 10.2 Å². The van der Waals surface area contributed by atoms with Crippen molar-refractivity contribution in [3.8, 4) is 11.1 Å². The standard InChI is InChI=1S/C26H30ClN5O3/c1-16-19(10-7-11-20(16)28)17-8-6-9-18(14-17)32(27)24(33)23-29-21-15-31(13-12-22(21)30(23)5)25(34)35-26(2,3)4/h6-11,14H,12-13,15,28H2,1-5H3. The Morgan fingerprint density at radius 2 is 1.89 bits per heavy atom. The summed E-state index contributed by atoms with van der Waals surface area (Å²) in [6, 6.07) is 13.1. The molecule has 0 saturated carbocycles. The molecule has 1 aromatic heterocycles. The smallest absolute Gasteiger partial charge is 0.410 e. The summed E-state index contributed by atoms with van der Waals surface area (Å²) < 4.78 is 8.31. The molecule has 35 heavy (non-hydrogen) atoms. The molecule has 8 nitrogen and oxygen atoms in total. The molecule has 0 bridgehead atoms. The first-order chi connectivity index (χ1) is 16.5. The van der Waals surface area contributed by atoms with Crippen LogP contribution in [0.15, 0.2) is 42.5 Å². The number of fused-ring (bicyclic) bond motifs is 1. The first-order valence-electron chi connectivity index (χ1n) is 11.4. The van der Waals surface area contributed by atoms with Crippen molar-refractivity contribution in [1.82, 2.24) is 14.5 Å². The van der Waals surface area contributed by atoms with Crippen LogP contribution in [-0.2, 0) is 24.8 Å². The summed E-state index contributed by atoms with van der Waals surface area (Å²) in [6.07, 6.45) is 0.173. The van der Waals surface area contributed by atoms with E-state index < -0.39 is 17.6 Å². The number of ether oxygens (including phenoxy) is 1. The topological polar surface area (TPSA) is 93.7 Å². The SMILES string of the molecule is Cc1c(N)cccc1-c1cccc(N(Cl)C(=O)c2nc3c(n2C)CCN(C(=O)OC(C)(C)C)C3)c1. The third-order valence-electron chi connectivity index (χ3n) is 6.04. The number of nitrogen functional groups attached to an aromatic ring is 1. The van der Waals surface area contributed by atoms with Gasteiger partial charge in [-0.05, 0) is 62.6 Å². The molecule has 0 aliphatic carbocycles. The van der Waals surface area contributed by atoms with E-state index in [4.69, 9.17) is 22.2 Å². The highest BCUT2D eigenvalue weighted by Crippen LogP contribution is 2.31. The molecule has 0 radical (unpaired) electrons. The number of imidazole rings is 1. The van der Waals surface area contributed by atoms with Crippen LogP contribution in [0.1, 0.15) is 48.3 Å². The summed E-state index contributed by atoms with van der Waals surface area (Å²) in [5.74, 6) is -0.240. The normalized spacial score (nSPS) is 13.4. The number of benzene rings is 2. The molecule has 2 N–H and O–H groups in total. The van der Waals surface area contributed by atoms with Crippen molar-refractivity contribution in [2.75, 3.05) is 16.7 Å². The van der Waals surface area contributed by atoms with Crippen molar-refractivity contribution < 1.29 is 14.3 Å². The molecule has 1 aliphatic heterocycles. The van der Waals surface area contributed by atoms with E-state index in [1.54, 1.807) is 22.6 Å². The predicted octanol–water partition coefficient (Wildman–Crippen LogP) is 5.07. The van der Waals surface area contributed by atoms with Gasteiger partial charge in [-0.15, -0.1) is 0 Å². The number of anilines is 2. The molecule has 3 aromatic rings. The number of aromatic nitrogens is 2. The van der Waals surface area contributed by atoms with Gasteiger partial charge in [0, 0.05) is 43.2 Å². The highest BCUT2D eigenvalue weighted by Gasteiger charge is 2.31. The van der Waals surface area contributed by atoms with Crippen LogP contribution in [0.4, 0.5) is 16.2 Å². The highest BCUT2D eigenvalue weighted by atomic mass is 35.5. The molecule has 9 heteroatoms. The van der Waals surface area contributed by atoms with Crippen LogP contribution in [0.3, 0.4) is 0 Å². The molecular weight excluding hydrogens is 466 g/mol. The first kappa shape index (κ1) is 24.6. The Morgan fingerprint density at radius 3 is 2.60 bits per heavy atom. The third kappa shape index (κ3) is 4.98. The van der Waals surface area contributed by atoms with Gasteiger partial charge >= 0.3 is 12.0 Å². The van der Waals surface area contributed by atoms with Crippen molar-refractivity contribution in [2.24, 2.45) is 7.05 Å². The Hall–Kier alpha value is -3.52. The van der Waals surface area contributed by atoms with Gasteiger partial charge in [0.05, 0.1) is 17.9 Å². The fraction of sp³-hybridized carbons (Fsp3) is 0.346. The molecule has 2 aromatic carbocycles. The lowest BCUT2D eigenvalue weighted by molar-refractivity contribution is 0.0220. The number of carbonyl (C=O) groups excluding carboxylic acids is 2. The van der Waals surface area contributed by atoms with Crippen LogP contribution >= 0.6 is 11.8 Å². The van der Waals surface area contributed by atoms with Gasteiger partial charge in [0.1, 0.15) is 5.60 Å². The summed E-state index contributed by atoms with van der Waals surface area (Å²) in [7, 11) is 1.79. The number of hydrogen-bond acceptors (Lipinski definition) is 5. The number of nitrogens with two attached hydrogens (primary N) is 1. The summed E-state index contributed by atoms with van der Waals surface area (Å²) in [5.41, 5.74) is 11.1. The molecule has 4 rings (SSSR count). The minimum Gasteiger partial charge on any atom is -0.444 e. The average Bonchev–Trinajstić information content (AvgIpc) is 3.14. The minimum atomic E-state index is -0.583. The monoisotopic (exact) mass is 495 g/mol. The maximum atomic E-state index is 13.3. The van der Waals surface area contributed by atoms with Crippen LogP contribution in [0.25, 0.3) is 11.1 Å². The van der Waals surface area contributed by atoms with Gasteiger partial charge in [0.25, 0.3) is 0 Å². The van der Waals surface area contributed by atoms with E-state index in [1.165, 1.54) is 0 Å². The second-order valence-corrected chi connectivity index (χ2v) is 10.0. The molecular formula is C26H30ClN5O3. The third-order valence-corrected chi connectivity index (χ3v) is 6.39. The van der Waals surface area contributed by atoms with E-state index in [0.717, 1.165) is 26.8 Å². The Bertz CT molecular complexity index is 1290. The van der Waals surface area contributed by atoms with Crippen LogP contribution in [0.2, 0.25) is 0 Å². The molecule has 0 fully saturated rings. The molecule has 0 atom stereocenters. The first-order valence-corrected chi connectivity index (χ1v) is 11.8. The van der Waals surface area contributed by atoms with Crippen molar-refractivity contribution in [2.45, 2.75) is 46.3 Å². The van der Waals surface area contributed by atoms with E-state index in [-0.39, 0.29) is 12.4 Å². The zero-order valence-electron chi connectivity index (χ0n) is 20.6. The molecule has 184 valence electrons. The number of halogens is 1. The summed E-state index contributed by atoms with van der Waals surface area (Å²) in [4.78, 5) is 32.0. The quantitative estimate of drug-likeness (QED) is 0.404. The molecule has 0 saturated heterocycles. The number of carbonyl (C=O) groups is 2. The molecule has 1 aliphatic rings. The lowest BCUT2D eigenvalue weighted by atomic mass is 9.99. The average molecular weight is 496 g/mol. The number of amides is 2. The number of rotatable bonds is 3. The number of nitrogens with zero attached hydrogens (tertiary/aromatic N) is 4. The van der Waals surface area contributed by atoms with E-state index in [2.05, 4.69) is 4.98 Å². The predicted molar refractivity (Wildman–Crippen MR) is 137 cm³/mol. The van der Waals surface area contributed by atoms with Crippen molar-refractivity contribution in [3.63, 3.8) is 0 Å². The molecule has 2 heterocycles. The fourth-order valence-electron chi connectivity index (χ4n) is 4.17. The van der Waals surface area contributed by atoms with Crippen LogP contribution in [0.5, 0.6) is 0 Å². The van der Waals surface area contributed by atoms with Gasteiger partial charge in [0.2, 0.25) is 5.82 Å². The van der Waals surface area contributed by atoms with E-state index in [9.17, 15) is 9.59 Å². The van der Waals surface area contributed by atoms with Gasteiger partial charge in [-0.2, -0.15) is 0 Å². The second-order valence-electron chi connectivity index (χ2n) is 9.70. The van der Waals surface area contributed by atoms with Crippen LogP contribution in [0, 0.1) is 6.92 Å².